The quantitative estimate of drug-likeness (QED) is 0.789. The molecule has 1 heterocycles. The van der Waals surface area contributed by atoms with E-state index in [0.29, 0.717) is 18.2 Å². The highest BCUT2D eigenvalue weighted by molar-refractivity contribution is 5.97. The molecule has 4 heteroatoms. The molecule has 0 spiro atoms. The van der Waals surface area contributed by atoms with Crippen molar-refractivity contribution in [3.05, 3.63) is 36.0 Å². The van der Waals surface area contributed by atoms with Crippen LogP contribution >= 0.6 is 0 Å². The lowest BCUT2D eigenvalue weighted by Gasteiger charge is -2.09. The van der Waals surface area contributed by atoms with Crippen molar-refractivity contribution in [1.29, 1.82) is 0 Å². The summed E-state index contributed by atoms with van der Waals surface area (Å²) in [5.41, 5.74) is 1.57. The Kier molecular flexibility index (Phi) is 3.25. The second kappa shape index (κ2) is 5.05. The summed E-state index contributed by atoms with van der Waals surface area (Å²) in [5, 5.41) is 13.4. The van der Waals surface area contributed by atoms with Crippen LogP contribution in [0.1, 0.15) is 29.8 Å². The number of hydrogen-bond acceptors (Lipinski definition) is 2. The SMILES string of the molecule is O=C(NCC1CCC(O)C1)c1cc2ccccc2[nH]1. The molecule has 0 aliphatic heterocycles. The summed E-state index contributed by atoms with van der Waals surface area (Å²) in [7, 11) is 0. The molecule has 3 rings (SSSR count). The van der Waals surface area contributed by atoms with Crippen molar-refractivity contribution in [2.75, 3.05) is 6.54 Å². The van der Waals surface area contributed by atoms with E-state index in [1.807, 2.05) is 30.3 Å². The number of fused-ring (bicyclic) bond motifs is 1. The summed E-state index contributed by atoms with van der Waals surface area (Å²) in [5.74, 6) is 0.334. The number of benzene rings is 1. The zero-order chi connectivity index (χ0) is 13.2. The predicted molar refractivity (Wildman–Crippen MR) is 74.0 cm³/mol. The number of amides is 1. The average molecular weight is 258 g/mol. The van der Waals surface area contributed by atoms with E-state index >= 15 is 0 Å². The van der Waals surface area contributed by atoms with Gasteiger partial charge in [0.05, 0.1) is 6.10 Å². The standard InChI is InChI=1S/C15H18N2O2/c18-12-6-5-10(7-12)9-16-15(19)14-8-11-3-1-2-4-13(11)17-14/h1-4,8,10,12,17-18H,5-7,9H2,(H,16,19). The van der Waals surface area contributed by atoms with Crippen molar-refractivity contribution in [2.45, 2.75) is 25.4 Å². The van der Waals surface area contributed by atoms with Crippen LogP contribution in [0.25, 0.3) is 10.9 Å². The number of aromatic nitrogens is 1. The Morgan fingerprint density at radius 1 is 1.37 bits per heavy atom. The zero-order valence-corrected chi connectivity index (χ0v) is 10.7. The lowest BCUT2D eigenvalue weighted by atomic mass is 10.1. The van der Waals surface area contributed by atoms with E-state index in [4.69, 9.17) is 0 Å². The number of rotatable bonds is 3. The first kappa shape index (κ1) is 12.2. The van der Waals surface area contributed by atoms with Gasteiger partial charge in [0.25, 0.3) is 5.91 Å². The van der Waals surface area contributed by atoms with Gasteiger partial charge in [-0.2, -0.15) is 0 Å². The molecule has 1 aliphatic rings. The van der Waals surface area contributed by atoms with Crippen molar-refractivity contribution < 1.29 is 9.90 Å². The maximum absolute atomic E-state index is 12.0. The molecule has 2 atom stereocenters. The molecule has 1 fully saturated rings. The van der Waals surface area contributed by atoms with Crippen molar-refractivity contribution in [2.24, 2.45) is 5.92 Å². The van der Waals surface area contributed by atoms with Gasteiger partial charge in [-0.1, -0.05) is 18.2 Å². The molecule has 19 heavy (non-hydrogen) atoms. The van der Waals surface area contributed by atoms with Gasteiger partial charge in [-0.05, 0) is 37.3 Å². The van der Waals surface area contributed by atoms with Gasteiger partial charge in [0, 0.05) is 17.4 Å². The summed E-state index contributed by atoms with van der Waals surface area (Å²) in [4.78, 5) is 15.2. The van der Waals surface area contributed by atoms with Crippen molar-refractivity contribution in [3.8, 4) is 0 Å². The Hall–Kier alpha value is -1.81. The van der Waals surface area contributed by atoms with E-state index in [0.717, 1.165) is 30.2 Å². The highest BCUT2D eigenvalue weighted by atomic mass is 16.3. The molecule has 0 saturated heterocycles. The number of carbonyl (C=O) groups excluding carboxylic acids is 1. The van der Waals surface area contributed by atoms with Crippen molar-refractivity contribution >= 4 is 16.8 Å². The molecule has 1 aromatic heterocycles. The van der Waals surface area contributed by atoms with Gasteiger partial charge in [-0.15, -0.1) is 0 Å². The van der Waals surface area contributed by atoms with Crippen LogP contribution in [0.15, 0.2) is 30.3 Å². The molecule has 1 aromatic carbocycles. The second-order valence-electron chi connectivity index (χ2n) is 5.31. The van der Waals surface area contributed by atoms with Gasteiger partial charge in [-0.3, -0.25) is 4.79 Å². The average Bonchev–Trinajstić information content (AvgIpc) is 3.01. The zero-order valence-electron chi connectivity index (χ0n) is 10.7. The lowest BCUT2D eigenvalue weighted by Crippen LogP contribution is -2.28. The minimum absolute atomic E-state index is 0.0717. The van der Waals surface area contributed by atoms with Crippen molar-refractivity contribution in [3.63, 3.8) is 0 Å². The fourth-order valence-electron chi connectivity index (χ4n) is 2.76. The number of aliphatic hydroxyl groups excluding tert-OH is 1. The van der Waals surface area contributed by atoms with Crippen LogP contribution in [0, 0.1) is 5.92 Å². The molecule has 1 amide bonds. The molecule has 2 unspecified atom stereocenters. The first-order chi connectivity index (χ1) is 9.22. The maximum atomic E-state index is 12.0. The number of aromatic amines is 1. The third kappa shape index (κ3) is 2.63. The topological polar surface area (TPSA) is 65.1 Å². The fourth-order valence-corrected chi connectivity index (χ4v) is 2.76. The third-order valence-corrected chi connectivity index (χ3v) is 3.84. The first-order valence-electron chi connectivity index (χ1n) is 6.76. The van der Waals surface area contributed by atoms with Crippen molar-refractivity contribution in [1.82, 2.24) is 10.3 Å². The van der Waals surface area contributed by atoms with Crippen LogP contribution in [0.2, 0.25) is 0 Å². The Balaban J connectivity index is 1.63. The second-order valence-corrected chi connectivity index (χ2v) is 5.31. The van der Waals surface area contributed by atoms with Crippen LogP contribution in [-0.4, -0.2) is 28.6 Å². The molecule has 4 nitrogen and oxygen atoms in total. The largest absolute Gasteiger partial charge is 0.393 e. The molecular weight excluding hydrogens is 240 g/mol. The minimum Gasteiger partial charge on any atom is -0.393 e. The highest BCUT2D eigenvalue weighted by Gasteiger charge is 2.23. The summed E-state index contributed by atoms with van der Waals surface area (Å²) in [6.07, 6.45) is 2.46. The number of H-pyrrole nitrogens is 1. The molecule has 0 radical (unpaired) electrons. The number of carbonyl (C=O) groups is 1. The predicted octanol–water partition coefficient (Wildman–Crippen LogP) is 2.06. The summed E-state index contributed by atoms with van der Waals surface area (Å²) in [6.45, 7) is 0.644. The van der Waals surface area contributed by atoms with Gasteiger partial charge >= 0.3 is 0 Å². The van der Waals surface area contributed by atoms with Gasteiger partial charge in [0.15, 0.2) is 0 Å². The van der Waals surface area contributed by atoms with Crippen LogP contribution in [0.5, 0.6) is 0 Å². The smallest absolute Gasteiger partial charge is 0.267 e. The molecule has 3 N–H and O–H groups in total. The summed E-state index contributed by atoms with van der Waals surface area (Å²) >= 11 is 0. The van der Waals surface area contributed by atoms with E-state index < -0.39 is 0 Å². The number of aliphatic hydroxyl groups is 1. The van der Waals surface area contributed by atoms with Crippen LogP contribution in [0.4, 0.5) is 0 Å². The van der Waals surface area contributed by atoms with Crippen LogP contribution < -0.4 is 5.32 Å². The number of hydrogen-bond donors (Lipinski definition) is 3. The Bertz CT molecular complexity index is 558. The molecular formula is C15H18N2O2. The van der Waals surface area contributed by atoms with E-state index in [1.165, 1.54) is 0 Å². The lowest BCUT2D eigenvalue weighted by molar-refractivity contribution is 0.0941. The van der Waals surface area contributed by atoms with E-state index in [-0.39, 0.29) is 12.0 Å². The van der Waals surface area contributed by atoms with E-state index in [9.17, 15) is 9.90 Å². The molecule has 2 aromatic rings. The Labute approximate surface area is 111 Å². The summed E-state index contributed by atoms with van der Waals surface area (Å²) in [6, 6.07) is 9.71. The Morgan fingerprint density at radius 2 is 2.21 bits per heavy atom. The minimum atomic E-state index is -0.185. The molecule has 0 bridgehead atoms. The van der Waals surface area contributed by atoms with Gasteiger partial charge in [0.2, 0.25) is 0 Å². The third-order valence-electron chi connectivity index (χ3n) is 3.84. The first-order valence-corrected chi connectivity index (χ1v) is 6.76. The highest BCUT2D eigenvalue weighted by Crippen LogP contribution is 2.24. The van der Waals surface area contributed by atoms with Crippen LogP contribution in [-0.2, 0) is 0 Å². The number of para-hydroxylation sites is 1. The van der Waals surface area contributed by atoms with Gasteiger partial charge < -0.3 is 15.4 Å². The fraction of sp³-hybridized carbons (Fsp3) is 0.400. The normalized spacial score (nSPS) is 22.8. The monoisotopic (exact) mass is 258 g/mol. The van der Waals surface area contributed by atoms with Gasteiger partial charge in [0.1, 0.15) is 5.69 Å². The maximum Gasteiger partial charge on any atom is 0.267 e. The van der Waals surface area contributed by atoms with E-state index in [1.54, 1.807) is 0 Å². The molecule has 1 saturated carbocycles. The Morgan fingerprint density at radius 3 is 2.95 bits per heavy atom. The van der Waals surface area contributed by atoms with E-state index in [2.05, 4.69) is 10.3 Å². The van der Waals surface area contributed by atoms with Crippen LogP contribution in [0.3, 0.4) is 0 Å². The number of nitrogens with one attached hydrogen (secondary N) is 2. The molecule has 100 valence electrons. The summed E-state index contributed by atoms with van der Waals surface area (Å²) < 4.78 is 0. The van der Waals surface area contributed by atoms with Gasteiger partial charge in [-0.25, -0.2) is 0 Å². The molecule has 1 aliphatic carbocycles.